The standard InChI is InChI=1S/C23H19N3O2.2ClH/c1-2-28-23(27)20-16-10-9-15-19(20)22-25-24-21(17-11-5-3-6-12-17)26(22)18-13-7-4-8-14-18;;/h3-16H,2H2,1H3;2*1H. The Balaban J connectivity index is 0.00000160. The fraction of sp³-hybridized carbons (Fsp3) is 0.0870. The molecule has 5 nitrogen and oxygen atoms in total. The first-order chi connectivity index (χ1) is 13.8. The first-order valence-corrected chi connectivity index (χ1v) is 9.12. The van der Waals surface area contributed by atoms with Crippen LogP contribution in [0.4, 0.5) is 0 Å². The molecule has 4 aromatic rings. The lowest BCUT2D eigenvalue weighted by molar-refractivity contribution is 0.0527. The van der Waals surface area contributed by atoms with Crippen LogP contribution in [-0.2, 0) is 4.74 Å². The summed E-state index contributed by atoms with van der Waals surface area (Å²) < 4.78 is 7.20. The van der Waals surface area contributed by atoms with Crippen LogP contribution in [0, 0.1) is 0 Å². The van der Waals surface area contributed by atoms with Crippen LogP contribution >= 0.6 is 24.8 Å². The minimum absolute atomic E-state index is 0. The van der Waals surface area contributed by atoms with Gasteiger partial charge in [-0.1, -0.05) is 66.7 Å². The Kier molecular flexibility index (Phi) is 8.16. The maximum absolute atomic E-state index is 12.5. The lowest BCUT2D eigenvalue weighted by Crippen LogP contribution is -2.08. The molecule has 0 aliphatic carbocycles. The van der Waals surface area contributed by atoms with Crippen LogP contribution in [0.3, 0.4) is 0 Å². The number of carbonyl (C=O) groups is 1. The molecule has 0 aliphatic rings. The number of nitrogens with zero attached hydrogens (tertiary/aromatic N) is 3. The van der Waals surface area contributed by atoms with Gasteiger partial charge in [-0.2, -0.15) is 0 Å². The predicted octanol–water partition coefficient (Wildman–Crippen LogP) is 5.62. The van der Waals surface area contributed by atoms with E-state index in [1.54, 1.807) is 13.0 Å². The molecule has 154 valence electrons. The summed E-state index contributed by atoms with van der Waals surface area (Å²) in [6.45, 7) is 2.11. The number of hydrogen-bond acceptors (Lipinski definition) is 4. The number of halogens is 2. The zero-order valence-corrected chi connectivity index (χ0v) is 17.9. The van der Waals surface area contributed by atoms with Gasteiger partial charge < -0.3 is 4.74 Å². The number of ether oxygens (including phenoxy) is 1. The van der Waals surface area contributed by atoms with Gasteiger partial charge in [0.05, 0.1) is 12.2 Å². The van der Waals surface area contributed by atoms with Crippen LogP contribution in [0.25, 0.3) is 28.5 Å². The molecule has 0 unspecified atom stereocenters. The van der Waals surface area contributed by atoms with Crippen molar-refractivity contribution in [2.24, 2.45) is 0 Å². The quantitative estimate of drug-likeness (QED) is 0.377. The first-order valence-electron chi connectivity index (χ1n) is 9.12. The van der Waals surface area contributed by atoms with E-state index >= 15 is 0 Å². The monoisotopic (exact) mass is 441 g/mol. The summed E-state index contributed by atoms with van der Waals surface area (Å²) in [5.41, 5.74) is 3.01. The summed E-state index contributed by atoms with van der Waals surface area (Å²) in [7, 11) is 0. The van der Waals surface area contributed by atoms with E-state index < -0.39 is 0 Å². The molecule has 0 N–H and O–H groups in total. The van der Waals surface area contributed by atoms with Crippen molar-refractivity contribution in [2.45, 2.75) is 6.92 Å². The van der Waals surface area contributed by atoms with Gasteiger partial charge >= 0.3 is 5.97 Å². The van der Waals surface area contributed by atoms with Gasteiger partial charge in [0, 0.05) is 16.8 Å². The second-order valence-electron chi connectivity index (χ2n) is 6.15. The molecule has 1 aromatic heterocycles. The van der Waals surface area contributed by atoms with Crippen LogP contribution in [0.1, 0.15) is 17.3 Å². The van der Waals surface area contributed by atoms with E-state index in [0.717, 1.165) is 11.3 Å². The Morgan fingerprint density at radius 1 is 0.800 bits per heavy atom. The lowest BCUT2D eigenvalue weighted by atomic mass is 10.1. The van der Waals surface area contributed by atoms with Crippen molar-refractivity contribution in [3.05, 3.63) is 90.5 Å². The average molecular weight is 442 g/mol. The Bertz CT molecular complexity index is 1100. The largest absolute Gasteiger partial charge is 0.462 e. The van der Waals surface area contributed by atoms with Gasteiger partial charge in [0.1, 0.15) is 0 Å². The fourth-order valence-corrected chi connectivity index (χ4v) is 3.12. The molecule has 4 rings (SSSR count). The molecule has 0 amide bonds. The second kappa shape index (κ2) is 10.6. The molecule has 3 aromatic carbocycles. The third-order valence-corrected chi connectivity index (χ3v) is 4.37. The van der Waals surface area contributed by atoms with Gasteiger partial charge in [-0.3, -0.25) is 4.57 Å². The third-order valence-electron chi connectivity index (χ3n) is 4.37. The summed E-state index contributed by atoms with van der Waals surface area (Å²) >= 11 is 0. The van der Waals surface area contributed by atoms with Gasteiger partial charge in [0.15, 0.2) is 11.6 Å². The zero-order chi connectivity index (χ0) is 19.3. The van der Waals surface area contributed by atoms with Crippen molar-refractivity contribution in [1.82, 2.24) is 14.8 Å². The van der Waals surface area contributed by atoms with Crippen molar-refractivity contribution in [1.29, 1.82) is 0 Å². The first kappa shape index (κ1) is 23.1. The number of carbonyl (C=O) groups excluding carboxylic acids is 1. The van der Waals surface area contributed by atoms with Crippen molar-refractivity contribution in [3.63, 3.8) is 0 Å². The molecular formula is C23H21Cl2N3O2. The normalized spacial score (nSPS) is 9.90. The zero-order valence-electron chi connectivity index (χ0n) is 16.3. The highest BCUT2D eigenvalue weighted by atomic mass is 35.5. The Morgan fingerprint density at radius 2 is 1.37 bits per heavy atom. The maximum Gasteiger partial charge on any atom is 0.338 e. The summed E-state index contributed by atoms with van der Waals surface area (Å²) in [4.78, 5) is 12.5. The topological polar surface area (TPSA) is 57.0 Å². The highest BCUT2D eigenvalue weighted by molar-refractivity contribution is 5.96. The Labute approximate surface area is 187 Å². The van der Waals surface area contributed by atoms with E-state index in [2.05, 4.69) is 10.2 Å². The van der Waals surface area contributed by atoms with Gasteiger partial charge in [0.25, 0.3) is 0 Å². The fourth-order valence-electron chi connectivity index (χ4n) is 3.12. The smallest absolute Gasteiger partial charge is 0.338 e. The SMILES string of the molecule is CCOC(=O)c1ccccc1-c1nnc(-c2ccccc2)n1-c1ccccc1.Cl.Cl. The van der Waals surface area contributed by atoms with E-state index in [1.807, 2.05) is 83.4 Å². The minimum Gasteiger partial charge on any atom is -0.462 e. The van der Waals surface area contributed by atoms with Crippen LogP contribution in [0.15, 0.2) is 84.9 Å². The molecule has 0 spiro atoms. The highest BCUT2D eigenvalue weighted by Gasteiger charge is 2.21. The summed E-state index contributed by atoms with van der Waals surface area (Å²) in [6.07, 6.45) is 0. The van der Waals surface area contributed by atoms with Gasteiger partial charge in [-0.05, 0) is 25.1 Å². The molecular weight excluding hydrogens is 421 g/mol. The van der Waals surface area contributed by atoms with Crippen molar-refractivity contribution < 1.29 is 9.53 Å². The molecule has 0 radical (unpaired) electrons. The van der Waals surface area contributed by atoms with E-state index in [4.69, 9.17) is 4.74 Å². The summed E-state index contributed by atoms with van der Waals surface area (Å²) in [6, 6.07) is 27.1. The molecule has 30 heavy (non-hydrogen) atoms. The summed E-state index contributed by atoms with van der Waals surface area (Å²) in [5.74, 6) is 0.927. The molecule has 0 saturated carbocycles. The van der Waals surface area contributed by atoms with Crippen LogP contribution < -0.4 is 0 Å². The van der Waals surface area contributed by atoms with Crippen molar-refractivity contribution in [3.8, 4) is 28.5 Å². The molecule has 0 saturated heterocycles. The number of aromatic nitrogens is 3. The van der Waals surface area contributed by atoms with E-state index in [0.29, 0.717) is 29.4 Å². The molecule has 0 atom stereocenters. The number of esters is 1. The van der Waals surface area contributed by atoms with Crippen LogP contribution in [0.5, 0.6) is 0 Å². The van der Waals surface area contributed by atoms with Crippen molar-refractivity contribution in [2.75, 3.05) is 6.61 Å². The number of rotatable bonds is 5. The van der Waals surface area contributed by atoms with E-state index in [1.165, 1.54) is 0 Å². The third kappa shape index (κ3) is 4.53. The van der Waals surface area contributed by atoms with Gasteiger partial charge in [0.2, 0.25) is 0 Å². The second-order valence-corrected chi connectivity index (χ2v) is 6.15. The average Bonchev–Trinajstić information content (AvgIpc) is 3.20. The summed E-state index contributed by atoms with van der Waals surface area (Å²) in [5, 5.41) is 8.89. The minimum atomic E-state index is -0.373. The van der Waals surface area contributed by atoms with Crippen LogP contribution in [-0.4, -0.2) is 27.3 Å². The number of benzene rings is 3. The molecule has 0 bridgehead atoms. The maximum atomic E-state index is 12.5. The Hall–Kier alpha value is -3.15. The van der Waals surface area contributed by atoms with Crippen molar-refractivity contribution >= 4 is 30.8 Å². The molecule has 7 heteroatoms. The van der Waals surface area contributed by atoms with E-state index in [9.17, 15) is 4.79 Å². The van der Waals surface area contributed by atoms with E-state index in [-0.39, 0.29) is 30.8 Å². The molecule has 0 aliphatic heterocycles. The highest BCUT2D eigenvalue weighted by Crippen LogP contribution is 2.30. The number of hydrogen-bond donors (Lipinski definition) is 0. The predicted molar refractivity (Wildman–Crippen MR) is 123 cm³/mol. The number of para-hydroxylation sites is 1. The van der Waals surface area contributed by atoms with Crippen LogP contribution in [0.2, 0.25) is 0 Å². The van der Waals surface area contributed by atoms with Gasteiger partial charge in [-0.25, -0.2) is 4.79 Å². The molecule has 1 heterocycles. The lowest BCUT2D eigenvalue weighted by Gasteiger charge is -2.13. The molecule has 0 fully saturated rings. The van der Waals surface area contributed by atoms with Gasteiger partial charge in [-0.15, -0.1) is 35.0 Å². The Morgan fingerprint density at radius 3 is 2.03 bits per heavy atom.